The highest BCUT2D eigenvalue weighted by Gasteiger charge is 2.04. The molecule has 1 aromatic rings. The van der Waals surface area contributed by atoms with Gasteiger partial charge in [0, 0.05) is 25.3 Å². The molecule has 1 aromatic heterocycles. The van der Waals surface area contributed by atoms with Crippen molar-refractivity contribution in [1.29, 1.82) is 0 Å². The molecule has 0 aliphatic carbocycles. The molecule has 0 amide bonds. The lowest BCUT2D eigenvalue weighted by Gasteiger charge is -2.12. The summed E-state index contributed by atoms with van der Waals surface area (Å²) in [5.74, 6) is 0. The van der Waals surface area contributed by atoms with E-state index >= 15 is 0 Å². The molecule has 0 saturated carbocycles. The van der Waals surface area contributed by atoms with E-state index in [4.69, 9.17) is 5.11 Å². The van der Waals surface area contributed by atoms with Gasteiger partial charge < -0.3 is 15.0 Å². The number of aliphatic hydroxyl groups excluding tert-OH is 1. The van der Waals surface area contributed by atoms with Gasteiger partial charge in [-0.05, 0) is 20.8 Å². The number of hydrogen-bond donors (Lipinski definition) is 2. The molecule has 0 aromatic carbocycles. The van der Waals surface area contributed by atoms with Crippen molar-refractivity contribution < 1.29 is 5.11 Å². The standard InChI is InChI=1S/C10H19N3O/c1-8(2)13-7-12-6-10(13)5-11-4-9(3)14/h6-9,11,14H,4-5H2,1-3H3. The molecule has 0 radical (unpaired) electrons. The zero-order valence-electron chi connectivity index (χ0n) is 9.07. The summed E-state index contributed by atoms with van der Waals surface area (Å²) >= 11 is 0. The second-order valence-corrected chi connectivity index (χ2v) is 3.87. The molecule has 1 unspecified atom stereocenters. The lowest BCUT2D eigenvalue weighted by molar-refractivity contribution is 0.190. The Hall–Kier alpha value is -0.870. The zero-order chi connectivity index (χ0) is 10.6. The molecule has 4 nitrogen and oxygen atoms in total. The second kappa shape index (κ2) is 5.12. The van der Waals surface area contributed by atoms with Gasteiger partial charge in [-0.1, -0.05) is 0 Å². The summed E-state index contributed by atoms with van der Waals surface area (Å²) in [4.78, 5) is 4.10. The molecule has 80 valence electrons. The van der Waals surface area contributed by atoms with E-state index in [2.05, 4.69) is 28.7 Å². The topological polar surface area (TPSA) is 50.1 Å². The van der Waals surface area contributed by atoms with Crippen LogP contribution in [0.25, 0.3) is 0 Å². The van der Waals surface area contributed by atoms with Gasteiger partial charge in [0.05, 0.1) is 18.1 Å². The average Bonchev–Trinajstić information content (AvgIpc) is 2.51. The Balaban J connectivity index is 2.46. The fourth-order valence-corrected chi connectivity index (χ4v) is 1.34. The van der Waals surface area contributed by atoms with Gasteiger partial charge in [-0.2, -0.15) is 0 Å². The molecule has 0 bridgehead atoms. The van der Waals surface area contributed by atoms with Crippen LogP contribution in [0.1, 0.15) is 32.5 Å². The highest BCUT2D eigenvalue weighted by atomic mass is 16.3. The van der Waals surface area contributed by atoms with Crippen LogP contribution in [-0.4, -0.2) is 27.3 Å². The Morgan fingerprint density at radius 3 is 2.79 bits per heavy atom. The van der Waals surface area contributed by atoms with E-state index in [0.717, 1.165) is 12.2 Å². The molecule has 0 fully saturated rings. The quantitative estimate of drug-likeness (QED) is 0.738. The molecule has 0 aliphatic rings. The maximum atomic E-state index is 9.07. The van der Waals surface area contributed by atoms with Gasteiger partial charge in [0.2, 0.25) is 0 Å². The lowest BCUT2D eigenvalue weighted by Crippen LogP contribution is -2.25. The van der Waals surface area contributed by atoms with Crippen LogP contribution in [0.2, 0.25) is 0 Å². The predicted octanol–water partition coefficient (Wildman–Crippen LogP) is 0.934. The van der Waals surface area contributed by atoms with Crippen molar-refractivity contribution in [3.05, 3.63) is 18.2 Å². The monoisotopic (exact) mass is 197 g/mol. The molecule has 1 atom stereocenters. The smallest absolute Gasteiger partial charge is 0.0951 e. The Morgan fingerprint density at radius 1 is 1.50 bits per heavy atom. The van der Waals surface area contributed by atoms with Crippen molar-refractivity contribution >= 4 is 0 Å². The van der Waals surface area contributed by atoms with Crippen LogP contribution >= 0.6 is 0 Å². The SMILES string of the molecule is CC(O)CNCc1cncn1C(C)C. The van der Waals surface area contributed by atoms with E-state index in [0.29, 0.717) is 12.6 Å². The molecule has 4 heteroatoms. The Bertz CT molecular complexity index is 268. The molecule has 2 N–H and O–H groups in total. The van der Waals surface area contributed by atoms with Crippen LogP contribution < -0.4 is 5.32 Å². The van der Waals surface area contributed by atoms with E-state index < -0.39 is 0 Å². The van der Waals surface area contributed by atoms with E-state index in [1.165, 1.54) is 0 Å². The van der Waals surface area contributed by atoms with E-state index in [-0.39, 0.29) is 6.10 Å². The zero-order valence-corrected chi connectivity index (χ0v) is 9.07. The molecular weight excluding hydrogens is 178 g/mol. The number of aliphatic hydroxyl groups is 1. The summed E-state index contributed by atoms with van der Waals surface area (Å²) < 4.78 is 2.12. The predicted molar refractivity (Wildman–Crippen MR) is 56.0 cm³/mol. The van der Waals surface area contributed by atoms with Crippen molar-refractivity contribution in [1.82, 2.24) is 14.9 Å². The third kappa shape index (κ3) is 3.12. The molecule has 0 spiro atoms. The fourth-order valence-electron chi connectivity index (χ4n) is 1.34. The number of nitrogens with one attached hydrogen (secondary N) is 1. The second-order valence-electron chi connectivity index (χ2n) is 3.87. The summed E-state index contributed by atoms with van der Waals surface area (Å²) in [6, 6.07) is 0.431. The van der Waals surface area contributed by atoms with E-state index in [9.17, 15) is 0 Å². The number of rotatable bonds is 5. The van der Waals surface area contributed by atoms with Gasteiger partial charge in [0.25, 0.3) is 0 Å². The minimum atomic E-state index is -0.301. The first-order chi connectivity index (χ1) is 6.61. The van der Waals surface area contributed by atoms with Crippen molar-refractivity contribution in [2.45, 2.75) is 39.5 Å². The van der Waals surface area contributed by atoms with E-state index in [1.54, 1.807) is 6.92 Å². The van der Waals surface area contributed by atoms with Crippen LogP contribution in [0.4, 0.5) is 0 Å². The third-order valence-electron chi connectivity index (χ3n) is 2.05. The van der Waals surface area contributed by atoms with Crippen molar-refractivity contribution in [3.8, 4) is 0 Å². The van der Waals surface area contributed by atoms with Gasteiger partial charge in [0.15, 0.2) is 0 Å². The van der Waals surface area contributed by atoms with Crippen molar-refractivity contribution in [3.63, 3.8) is 0 Å². The minimum Gasteiger partial charge on any atom is -0.392 e. The van der Waals surface area contributed by atoms with Gasteiger partial charge in [-0.3, -0.25) is 0 Å². The first kappa shape index (κ1) is 11.2. The Labute approximate surface area is 85.0 Å². The van der Waals surface area contributed by atoms with Crippen LogP contribution in [-0.2, 0) is 6.54 Å². The summed E-state index contributed by atoms with van der Waals surface area (Å²) in [6.07, 6.45) is 3.39. The molecule has 0 saturated heterocycles. The number of nitrogens with zero attached hydrogens (tertiary/aromatic N) is 2. The van der Waals surface area contributed by atoms with Gasteiger partial charge >= 0.3 is 0 Å². The van der Waals surface area contributed by atoms with Gasteiger partial charge in [-0.25, -0.2) is 4.98 Å². The lowest BCUT2D eigenvalue weighted by atomic mass is 10.3. The first-order valence-corrected chi connectivity index (χ1v) is 5.00. The van der Waals surface area contributed by atoms with Gasteiger partial charge in [-0.15, -0.1) is 0 Å². The van der Waals surface area contributed by atoms with Crippen molar-refractivity contribution in [2.24, 2.45) is 0 Å². The van der Waals surface area contributed by atoms with Gasteiger partial charge in [0.1, 0.15) is 0 Å². The van der Waals surface area contributed by atoms with Crippen molar-refractivity contribution in [2.75, 3.05) is 6.54 Å². The summed E-state index contributed by atoms with van der Waals surface area (Å²) in [5.41, 5.74) is 1.15. The average molecular weight is 197 g/mol. The maximum Gasteiger partial charge on any atom is 0.0951 e. The summed E-state index contributed by atoms with van der Waals surface area (Å²) in [7, 11) is 0. The minimum absolute atomic E-state index is 0.301. The normalized spacial score (nSPS) is 13.5. The molecule has 1 heterocycles. The van der Waals surface area contributed by atoms with Crippen LogP contribution in [0, 0.1) is 0 Å². The molecule has 14 heavy (non-hydrogen) atoms. The highest BCUT2D eigenvalue weighted by Crippen LogP contribution is 2.08. The summed E-state index contributed by atoms with van der Waals surface area (Å²) in [5, 5.41) is 12.2. The molecule has 0 aliphatic heterocycles. The van der Waals surface area contributed by atoms with Crippen LogP contribution in [0.5, 0.6) is 0 Å². The first-order valence-electron chi connectivity index (χ1n) is 5.00. The largest absolute Gasteiger partial charge is 0.392 e. The third-order valence-corrected chi connectivity index (χ3v) is 2.05. The Morgan fingerprint density at radius 2 is 2.21 bits per heavy atom. The molecule has 1 rings (SSSR count). The van der Waals surface area contributed by atoms with Crippen LogP contribution in [0.3, 0.4) is 0 Å². The maximum absolute atomic E-state index is 9.07. The number of imidazole rings is 1. The van der Waals surface area contributed by atoms with Crippen LogP contribution in [0.15, 0.2) is 12.5 Å². The highest BCUT2D eigenvalue weighted by molar-refractivity contribution is 4.99. The molecular formula is C10H19N3O. The fraction of sp³-hybridized carbons (Fsp3) is 0.700. The number of hydrogen-bond acceptors (Lipinski definition) is 3. The summed E-state index contributed by atoms with van der Waals surface area (Å²) in [6.45, 7) is 7.39. The van der Waals surface area contributed by atoms with E-state index in [1.807, 2.05) is 12.5 Å². The Kier molecular flexibility index (Phi) is 4.10. The number of aromatic nitrogens is 2.